The van der Waals surface area contributed by atoms with Crippen LogP contribution >= 0.6 is 0 Å². The second kappa shape index (κ2) is 37.1. The molecule has 0 heterocycles. The van der Waals surface area contributed by atoms with Crippen LogP contribution in [-0.2, 0) is 37.4 Å². The van der Waals surface area contributed by atoms with Gasteiger partial charge in [0.05, 0.1) is 0 Å². The van der Waals surface area contributed by atoms with Crippen LogP contribution in [0.2, 0.25) is 0 Å². The van der Waals surface area contributed by atoms with Gasteiger partial charge in [0.2, 0.25) is 0 Å². The van der Waals surface area contributed by atoms with Crippen LogP contribution in [0.4, 0.5) is 0 Å². The van der Waals surface area contributed by atoms with Gasteiger partial charge in [-0.25, -0.2) is 0 Å². The van der Waals surface area contributed by atoms with E-state index < -0.39 is 0 Å². The number of aliphatic hydroxyl groups is 1. The number of aliphatic hydroxyl groups excluding tert-OH is 1. The molecule has 0 aromatic heterocycles. The molecule has 3 heteroatoms. The molecular formula is C3H10O2Y. The summed E-state index contributed by atoms with van der Waals surface area (Å²) < 4.78 is 4.25. The molecular weight excluding hydrogens is 157 g/mol. The van der Waals surface area contributed by atoms with Crippen molar-refractivity contribution in [3.05, 3.63) is 0 Å². The van der Waals surface area contributed by atoms with Gasteiger partial charge in [0.25, 0.3) is 0 Å². The molecule has 0 aromatic carbocycles. The van der Waals surface area contributed by atoms with Crippen molar-refractivity contribution in [1.29, 1.82) is 0 Å². The molecule has 0 spiro atoms. The van der Waals surface area contributed by atoms with Crippen molar-refractivity contribution in [3.8, 4) is 0 Å². The normalized spacial score (nSPS) is 4.00. The number of rotatable bonds is 0. The number of hydrogen-bond donors (Lipinski definition) is 1. The molecule has 0 aliphatic heterocycles. The summed E-state index contributed by atoms with van der Waals surface area (Å²) in [5.41, 5.74) is 0. The van der Waals surface area contributed by atoms with Crippen LogP contribution in [0.1, 0.15) is 0 Å². The molecule has 0 rings (SSSR count). The first-order valence-electron chi connectivity index (χ1n) is 1.26. The zero-order chi connectivity index (χ0) is 4.71. The van der Waals surface area contributed by atoms with E-state index >= 15 is 0 Å². The average molecular weight is 167 g/mol. The van der Waals surface area contributed by atoms with Crippen molar-refractivity contribution in [1.82, 2.24) is 0 Å². The van der Waals surface area contributed by atoms with E-state index in [9.17, 15) is 0 Å². The molecule has 1 N–H and O–H groups in total. The van der Waals surface area contributed by atoms with Crippen LogP contribution in [0.25, 0.3) is 0 Å². The Labute approximate surface area is 63.8 Å². The van der Waals surface area contributed by atoms with Crippen LogP contribution in [0.5, 0.6) is 0 Å². The maximum Gasteiger partial charge on any atom is 0.0351 e. The van der Waals surface area contributed by atoms with E-state index in [4.69, 9.17) is 5.11 Å². The Morgan fingerprint density at radius 2 is 1.17 bits per heavy atom. The van der Waals surface area contributed by atoms with E-state index in [2.05, 4.69) is 4.74 Å². The quantitative estimate of drug-likeness (QED) is 0.544. The Morgan fingerprint density at radius 1 is 1.17 bits per heavy atom. The Balaban J connectivity index is -0.0000000275. The second-order valence-corrected chi connectivity index (χ2v) is 0.408. The van der Waals surface area contributed by atoms with E-state index in [1.54, 1.807) is 14.2 Å². The van der Waals surface area contributed by atoms with Gasteiger partial charge in [0.15, 0.2) is 0 Å². The minimum absolute atomic E-state index is 0. The Kier molecular flexibility index (Phi) is 97.4. The summed E-state index contributed by atoms with van der Waals surface area (Å²) in [6.07, 6.45) is 0. The molecule has 2 nitrogen and oxygen atoms in total. The molecule has 0 aliphatic rings. The van der Waals surface area contributed by atoms with Crippen LogP contribution in [0, 0.1) is 0 Å². The molecule has 0 unspecified atom stereocenters. The van der Waals surface area contributed by atoms with Crippen molar-refractivity contribution < 1.29 is 42.6 Å². The van der Waals surface area contributed by atoms with Gasteiger partial charge in [-0.2, -0.15) is 0 Å². The van der Waals surface area contributed by atoms with Crippen molar-refractivity contribution >= 4 is 0 Å². The third kappa shape index (κ3) is 77.6. The standard InChI is InChI=1S/C2H6O.CH4O.Y/c1-3-2;1-2;/h1-2H3;2H,1H3;. The molecule has 6 heavy (non-hydrogen) atoms. The molecule has 0 aliphatic carbocycles. The fraction of sp³-hybridized carbons (Fsp3) is 1.00. The topological polar surface area (TPSA) is 29.5 Å². The molecule has 0 fully saturated rings. The first-order valence-corrected chi connectivity index (χ1v) is 1.26. The summed E-state index contributed by atoms with van der Waals surface area (Å²) >= 11 is 0. The monoisotopic (exact) mass is 167 g/mol. The molecule has 0 saturated carbocycles. The smallest absolute Gasteiger partial charge is 0.0351 e. The molecule has 0 bridgehead atoms. The average Bonchev–Trinajstić information content (AvgIpc) is 1.46. The van der Waals surface area contributed by atoms with Crippen molar-refractivity contribution in [2.45, 2.75) is 0 Å². The van der Waals surface area contributed by atoms with E-state index in [1.807, 2.05) is 0 Å². The molecule has 0 amide bonds. The van der Waals surface area contributed by atoms with Gasteiger partial charge in [-0.05, 0) is 0 Å². The predicted molar refractivity (Wildman–Crippen MR) is 21.1 cm³/mol. The van der Waals surface area contributed by atoms with Gasteiger partial charge in [-0.3, -0.25) is 0 Å². The van der Waals surface area contributed by atoms with E-state index in [0.29, 0.717) is 0 Å². The van der Waals surface area contributed by atoms with Gasteiger partial charge in [-0.1, -0.05) is 0 Å². The van der Waals surface area contributed by atoms with Gasteiger partial charge >= 0.3 is 0 Å². The maximum atomic E-state index is 7.00. The summed E-state index contributed by atoms with van der Waals surface area (Å²) in [5, 5.41) is 7.00. The maximum absolute atomic E-state index is 7.00. The number of hydrogen-bond acceptors (Lipinski definition) is 2. The van der Waals surface area contributed by atoms with E-state index in [-0.39, 0.29) is 32.7 Å². The summed E-state index contributed by atoms with van der Waals surface area (Å²) in [6, 6.07) is 0. The SMILES string of the molecule is CO.COC.[Y]. The third-order valence-electron chi connectivity index (χ3n) is 0. The van der Waals surface area contributed by atoms with Crippen molar-refractivity contribution in [3.63, 3.8) is 0 Å². The number of methoxy groups -OCH3 is 1. The Hall–Kier alpha value is 1.02. The summed E-state index contributed by atoms with van der Waals surface area (Å²) in [4.78, 5) is 0. The van der Waals surface area contributed by atoms with Crippen LogP contribution in [0.15, 0.2) is 0 Å². The van der Waals surface area contributed by atoms with Crippen LogP contribution in [-0.4, -0.2) is 26.4 Å². The molecule has 0 aromatic rings. The summed E-state index contributed by atoms with van der Waals surface area (Å²) in [5.74, 6) is 0. The first-order chi connectivity index (χ1) is 2.41. The zero-order valence-electron chi connectivity index (χ0n) is 4.43. The van der Waals surface area contributed by atoms with E-state index in [1.165, 1.54) is 0 Å². The first kappa shape index (κ1) is 15.7. The Morgan fingerprint density at radius 3 is 1.17 bits per heavy atom. The van der Waals surface area contributed by atoms with Crippen LogP contribution < -0.4 is 0 Å². The number of ether oxygens (including phenoxy) is 1. The zero-order valence-corrected chi connectivity index (χ0v) is 7.27. The van der Waals surface area contributed by atoms with Crippen LogP contribution in [0.3, 0.4) is 0 Å². The fourth-order valence-corrected chi connectivity index (χ4v) is 0. The predicted octanol–water partition coefficient (Wildman–Crippen LogP) is -0.131. The molecule has 37 valence electrons. The van der Waals surface area contributed by atoms with Gasteiger partial charge in [0, 0.05) is 54.0 Å². The van der Waals surface area contributed by atoms with Gasteiger partial charge in [-0.15, -0.1) is 0 Å². The van der Waals surface area contributed by atoms with E-state index in [0.717, 1.165) is 7.11 Å². The molecule has 0 atom stereocenters. The van der Waals surface area contributed by atoms with Crippen molar-refractivity contribution in [2.24, 2.45) is 0 Å². The third-order valence-corrected chi connectivity index (χ3v) is 0. The minimum atomic E-state index is 0. The summed E-state index contributed by atoms with van der Waals surface area (Å²) in [7, 11) is 4.25. The van der Waals surface area contributed by atoms with Crippen molar-refractivity contribution in [2.75, 3.05) is 21.3 Å². The fourth-order valence-electron chi connectivity index (χ4n) is 0. The minimum Gasteiger partial charge on any atom is -0.400 e. The summed E-state index contributed by atoms with van der Waals surface area (Å²) in [6.45, 7) is 0. The largest absolute Gasteiger partial charge is 0.400 e. The Bertz CT molecular complexity index is 8.75. The van der Waals surface area contributed by atoms with Gasteiger partial charge < -0.3 is 9.84 Å². The second-order valence-electron chi connectivity index (χ2n) is 0.408. The molecule has 0 saturated heterocycles. The molecule has 1 radical (unpaired) electrons. The van der Waals surface area contributed by atoms with Gasteiger partial charge in [0.1, 0.15) is 0 Å².